The Kier molecular flexibility index (Phi) is 5.04. The van der Waals surface area contributed by atoms with Crippen molar-refractivity contribution in [2.24, 2.45) is 0 Å². The lowest BCUT2D eigenvalue weighted by molar-refractivity contribution is -0.120. The number of benzene rings is 1. The van der Waals surface area contributed by atoms with Crippen LogP contribution in [0.2, 0.25) is 0 Å². The minimum Gasteiger partial charge on any atom is -0.497 e. The molecule has 4 heteroatoms. The minimum atomic E-state index is 0.0739. The molecule has 108 valence electrons. The quantitative estimate of drug-likeness (QED) is 0.762. The van der Waals surface area contributed by atoms with Crippen LogP contribution in [0.25, 0.3) is 10.9 Å². The molecule has 4 nitrogen and oxygen atoms in total. The molecule has 20 heavy (non-hydrogen) atoms. The molecule has 0 saturated heterocycles. The van der Waals surface area contributed by atoms with Gasteiger partial charge < -0.3 is 15.0 Å². The summed E-state index contributed by atoms with van der Waals surface area (Å²) in [5.74, 6) is 0.881. The van der Waals surface area contributed by atoms with Crippen LogP contribution in [0.5, 0.6) is 5.75 Å². The van der Waals surface area contributed by atoms with Gasteiger partial charge in [0.05, 0.1) is 13.5 Å². The van der Waals surface area contributed by atoms with Crippen LogP contribution in [0.4, 0.5) is 0 Å². The molecule has 2 rings (SSSR count). The van der Waals surface area contributed by atoms with E-state index >= 15 is 0 Å². The molecule has 1 aromatic carbocycles. The third-order valence-electron chi connectivity index (χ3n) is 3.43. The van der Waals surface area contributed by atoms with Gasteiger partial charge in [-0.05, 0) is 30.2 Å². The summed E-state index contributed by atoms with van der Waals surface area (Å²) in [6, 6.07) is 5.84. The number of unbranched alkanes of at least 4 members (excludes halogenated alkanes) is 2. The van der Waals surface area contributed by atoms with Crippen LogP contribution in [0, 0.1) is 0 Å². The molecule has 0 bridgehead atoms. The maximum atomic E-state index is 11.9. The Morgan fingerprint density at radius 1 is 1.35 bits per heavy atom. The number of aromatic amines is 1. The maximum Gasteiger partial charge on any atom is 0.224 e. The van der Waals surface area contributed by atoms with Gasteiger partial charge in [-0.1, -0.05) is 19.8 Å². The van der Waals surface area contributed by atoms with Crippen molar-refractivity contribution < 1.29 is 9.53 Å². The first-order valence-electron chi connectivity index (χ1n) is 7.15. The molecule has 0 atom stereocenters. The first-order valence-corrected chi connectivity index (χ1v) is 7.15. The van der Waals surface area contributed by atoms with E-state index in [4.69, 9.17) is 4.74 Å². The molecule has 0 fully saturated rings. The highest BCUT2D eigenvalue weighted by molar-refractivity contribution is 5.89. The zero-order valence-corrected chi connectivity index (χ0v) is 12.2. The van der Waals surface area contributed by atoms with Crippen LogP contribution >= 0.6 is 0 Å². The summed E-state index contributed by atoms with van der Waals surface area (Å²) in [5, 5.41) is 4.01. The molecule has 2 aromatic rings. The van der Waals surface area contributed by atoms with Gasteiger partial charge in [-0.2, -0.15) is 0 Å². The molecular weight excluding hydrogens is 252 g/mol. The fourth-order valence-electron chi connectivity index (χ4n) is 2.27. The van der Waals surface area contributed by atoms with Crippen LogP contribution in [-0.4, -0.2) is 24.5 Å². The Bertz CT molecular complexity index is 575. The second kappa shape index (κ2) is 6.98. The Balaban J connectivity index is 2.00. The predicted octanol–water partition coefficient (Wildman–Crippen LogP) is 3.03. The molecule has 1 heterocycles. The van der Waals surface area contributed by atoms with Crippen molar-refractivity contribution in [2.45, 2.75) is 32.6 Å². The van der Waals surface area contributed by atoms with E-state index in [0.29, 0.717) is 6.42 Å². The lowest BCUT2D eigenvalue weighted by Gasteiger charge is -2.04. The van der Waals surface area contributed by atoms with Crippen LogP contribution in [0.3, 0.4) is 0 Å². The number of hydrogen-bond donors (Lipinski definition) is 2. The lowest BCUT2D eigenvalue weighted by Crippen LogP contribution is -2.25. The van der Waals surface area contributed by atoms with E-state index < -0.39 is 0 Å². The van der Waals surface area contributed by atoms with Gasteiger partial charge in [0.25, 0.3) is 0 Å². The highest BCUT2D eigenvalue weighted by Crippen LogP contribution is 2.23. The molecule has 1 amide bonds. The SMILES string of the molecule is CCCCCNC(=O)Cc1c[nH]c2ccc(OC)cc12. The van der Waals surface area contributed by atoms with Crippen molar-refractivity contribution in [1.82, 2.24) is 10.3 Å². The Hall–Kier alpha value is -1.97. The number of H-pyrrole nitrogens is 1. The minimum absolute atomic E-state index is 0.0739. The maximum absolute atomic E-state index is 11.9. The molecule has 0 aliphatic carbocycles. The number of aromatic nitrogens is 1. The predicted molar refractivity (Wildman–Crippen MR) is 81.1 cm³/mol. The Morgan fingerprint density at radius 2 is 2.20 bits per heavy atom. The molecule has 2 N–H and O–H groups in total. The fraction of sp³-hybridized carbons (Fsp3) is 0.438. The number of hydrogen-bond acceptors (Lipinski definition) is 2. The zero-order chi connectivity index (χ0) is 14.4. The number of methoxy groups -OCH3 is 1. The molecule has 0 radical (unpaired) electrons. The van der Waals surface area contributed by atoms with E-state index in [1.807, 2.05) is 24.4 Å². The van der Waals surface area contributed by atoms with Crippen molar-refractivity contribution in [3.63, 3.8) is 0 Å². The van der Waals surface area contributed by atoms with E-state index in [1.165, 1.54) is 0 Å². The van der Waals surface area contributed by atoms with Crippen molar-refractivity contribution in [3.05, 3.63) is 30.0 Å². The number of fused-ring (bicyclic) bond motifs is 1. The number of carbonyl (C=O) groups excluding carboxylic acids is 1. The van der Waals surface area contributed by atoms with Crippen molar-refractivity contribution in [3.8, 4) is 5.75 Å². The smallest absolute Gasteiger partial charge is 0.224 e. The van der Waals surface area contributed by atoms with E-state index in [2.05, 4.69) is 17.2 Å². The van der Waals surface area contributed by atoms with Gasteiger partial charge in [0.2, 0.25) is 5.91 Å². The molecule has 0 aliphatic rings. The van der Waals surface area contributed by atoms with Crippen LogP contribution < -0.4 is 10.1 Å². The van der Waals surface area contributed by atoms with Gasteiger partial charge >= 0.3 is 0 Å². The van der Waals surface area contributed by atoms with Crippen molar-refractivity contribution in [1.29, 1.82) is 0 Å². The molecule has 0 saturated carbocycles. The normalized spacial score (nSPS) is 10.7. The summed E-state index contributed by atoms with van der Waals surface area (Å²) >= 11 is 0. The van der Waals surface area contributed by atoms with Crippen LogP contribution in [0.1, 0.15) is 31.7 Å². The Labute approximate surface area is 119 Å². The highest BCUT2D eigenvalue weighted by Gasteiger charge is 2.09. The molecular formula is C16H22N2O2. The summed E-state index contributed by atoms with van der Waals surface area (Å²) in [6.45, 7) is 2.92. The first-order chi connectivity index (χ1) is 9.74. The van der Waals surface area contributed by atoms with E-state index in [1.54, 1.807) is 7.11 Å². The second-order valence-corrected chi connectivity index (χ2v) is 4.96. The largest absolute Gasteiger partial charge is 0.497 e. The average molecular weight is 274 g/mol. The number of nitrogens with one attached hydrogen (secondary N) is 2. The second-order valence-electron chi connectivity index (χ2n) is 4.96. The third kappa shape index (κ3) is 3.53. The molecule has 0 unspecified atom stereocenters. The third-order valence-corrected chi connectivity index (χ3v) is 3.43. The van der Waals surface area contributed by atoms with Gasteiger partial charge in [-0.15, -0.1) is 0 Å². The van der Waals surface area contributed by atoms with Gasteiger partial charge in [-0.3, -0.25) is 4.79 Å². The number of carbonyl (C=O) groups is 1. The van der Waals surface area contributed by atoms with E-state index in [0.717, 1.165) is 48.0 Å². The standard InChI is InChI=1S/C16H22N2O2/c1-3-4-5-8-17-16(19)9-12-11-18-15-7-6-13(20-2)10-14(12)15/h6-7,10-11,18H,3-5,8-9H2,1-2H3,(H,17,19). The van der Waals surface area contributed by atoms with Crippen molar-refractivity contribution >= 4 is 16.8 Å². The van der Waals surface area contributed by atoms with E-state index in [-0.39, 0.29) is 5.91 Å². The number of ether oxygens (including phenoxy) is 1. The molecule has 0 spiro atoms. The fourth-order valence-corrected chi connectivity index (χ4v) is 2.27. The number of amides is 1. The topological polar surface area (TPSA) is 54.1 Å². The average Bonchev–Trinajstić information content (AvgIpc) is 2.86. The summed E-state index contributed by atoms with van der Waals surface area (Å²) in [4.78, 5) is 15.1. The first kappa shape index (κ1) is 14.4. The van der Waals surface area contributed by atoms with Crippen molar-refractivity contribution in [2.75, 3.05) is 13.7 Å². The van der Waals surface area contributed by atoms with E-state index in [9.17, 15) is 4.79 Å². The van der Waals surface area contributed by atoms with Gasteiger partial charge in [-0.25, -0.2) is 0 Å². The van der Waals surface area contributed by atoms with Gasteiger partial charge in [0.15, 0.2) is 0 Å². The molecule has 0 aliphatic heterocycles. The lowest BCUT2D eigenvalue weighted by atomic mass is 10.1. The Morgan fingerprint density at radius 3 is 2.95 bits per heavy atom. The summed E-state index contributed by atoms with van der Waals surface area (Å²) in [7, 11) is 1.65. The zero-order valence-electron chi connectivity index (χ0n) is 12.2. The monoisotopic (exact) mass is 274 g/mol. The summed E-state index contributed by atoms with van der Waals surface area (Å²) < 4.78 is 5.23. The van der Waals surface area contributed by atoms with Crippen LogP contribution in [0.15, 0.2) is 24.4 Å². The van der Waals surface area contributed by atoms with Gasteiger partial charge in [0, 0.05) is 23.6 Å². The number of rotatable bonds is 7. The molecule has 1 aromatic heterocycles. The summed E-state index contributed by atoms with van der Waals surface area (Å²) in [6.07, 6.45) is 5.67. The van der Waals surface area contributed by atoms with Gasteiger partial charge in [0.1, 0.15) is 5.75 Å². The van der Waals surface area contributed by atoms with Crippen LogP contribution in [-0.2, 0) is 11.2 Å². The summed E-state index contributed by atoms with van der Waals surface area (Å²) in [5.41, 5.74) is 2.03. The highest BCUT2D eigenvalue weighted by atomic mass is 16.5.